The highest BCUT2D eigenvalue weighted by atomic mass is 14.9. The van der Waals surface area contributed by atoms with Gasteiger partial charge in [-0.1, -0.05) is 0 Å². The highest BCUT2D eigenvalue weighted by molar-refractivity contribution is 5.00. The van der Waals surface area contributed by atoms with E-state index < -0.39 is 0 Å². The minimum absolute atomic E-state index is 1.10. The normalized spacial score (nSPS) is 57.6. The molecule has 0 spiro atoms. The van der Waals surface area contributed by atoms with Crippen molar-refractivity contribution in [3.05, 3.63) is 0 Å². The molecule has 1 heteroatoms. The van der Waals surface area contributed by atoms with E-state index in [1.807, 2.05) is 0 Å². The molecule has 2 bridgehead atoms. The molecule has 3 aliphatic rings. The van der Waals surface area contributed by atoms with Crippen LogP contribution in [0.2, 0.25) is 0 Å². The van der Waals surface area contributed by atoms with E-state index in [-0.39, 0.29) is 0 Å². The summed E-state index contributed by atoms with van der Waals surface area (Å²) in [5.74, 6) is 4.45. The third-order valence-corrected chi connectivity index (χ3v) is 4.03. The Bertz CT molecular complexity index is 139. The van der Waals surface area contributed by atoms with Crippen LogP contribution in [0.3, 0.4) is 0 Å². The molecule has 3 fully saturated rings. The Kier molecular flexibility index (Phi) is 0.984. The van der Waals surface area contributed by atoms with Gasteiger partial charge < -0.3 is 5.32 Å². The maximum Gasteiger partial charge on any atom is -0.00145 e. The summed E-state index contributed by atoms with van der Waals surface area (Å²) in [4.78, 5) is 0. The molecule has 0 unspecified atom stereocenters. The molecule has 10 heavy (non-hydrogen) atoms. The van der Waals surface area contributed by atoms with Crippen LogP contribution >= 0.6 is 0 Å². The lowest BCUT2D eigenvalue weighted by molar-refractivity contribution is 0.281. The smallest absolute Gasteiger partial charge is 0.00145 e. The van der Waals surface area contributed by atoms with E-state index in [2.05, 4.69) is 5.32 Å². The fraction of sp³-hybridized carbons (Fsp3) is 1.00. The number of hydrogen-bond acceptors (Lipinski definition) is 1. The van der Waals surface area contributed by atoms with Crippen molar-refractivity contribution in [1.82, 2.24) is 5.32 Å². The van der Waals surface area contributed by atoms with E-state index in [4.69, 9.17) is 0 Å². The molecule has 2 aliphatic carbocycles. The van der Waals surface area contributed by atoms with Gasteiger partial charge in [0.25, 0.3) is 0 Å². The summed E-state index contributed by atoms with van der Waals surface area (Å²) < 4.78 is 0. The third-order valence-electron chi connectivity index (χ3n) is 4.03. The predicted molar refractivity (Wildman–Crippen MR) is 40.7 cm³/mol. The van der Waals surface area contributed by atoms with Gasteiger partial charge in [-0.25, -0.2) is 0 Å². The molecule has 1 aliphatic heterocycles. The quantitative estimate of drug-likeness (QED) is 0.530. The summed E-state index contributed by atoms with van der Waals surface area (Å²) in [7, 11) is 0. The number of rotatable bonds is 0. The average Bonchev–Trinajstić information content (AvgIpc) is 2.60. The highest BCUT2D eigenvalue weighted by Gasteiger charge is 2.48. The lowest BCUT2D eigenvalue weighted by Crippen LogP contribution is -2.19. The van der Waals surface area contributed by atoms with E-state index in [1.54, 1.807) is 19.3 Å². The second kappa shape index (κ2) is 1.76. The van der Waals surface area contributed by atoms with E-state index in [0.717, 1.165) is 23.7 Å². The van der Waals surface area contributed by atoms with Crippen molar-refractivity contribution >= 4 is 0 Å². The van der Waals surface area contributed by atoms with E-state index in [0.29, 0.717) is 0 Å². The largest absolute Gasteiger partial charge is 0.316 e. The van der Waals surface area contributed by atoms with Gasteiger partial charge in [0.05, 0.1) is 0 Å². The zero-order valence-corrected chi connectivity index (χ0v) is 6.34. The first-order chi connectivity index (χ1) is 4.95. The van der Waals surface area contributed by atoms with Crippen LogP contribution in [-0.2, 0) is 0 Å². The maximum absolute atomic E-state index is 3.53. The Hall–Kier alpha value is -0.0400. The lowest BCUT2D eigenvalue weighted by Gasteiger charge is -2.22. The third kappa shape index (κ3) is 0.531. The molecule has 0 aromatic heterocycles. The topological polar surface area (TPSA) is 12.0 Å². The number of hydrogen-bond donors (Lipinski definition) is 1. The molecule has 2 saturated carbocycles. The lowest BCUT2D eigenvalue weighted by atomic mass is 9.82. The first-order valence-electron chi connectivity index (χ1n) is 4.66. The summed E-state index contributed by atoms with van der Waals surface area (Å²) >= 11 is 0. The van der Waals surface area contributed by atoms with Crippen molar-refractivity contribution in [1.29, 1.82) is 0 Å². The summed E-state index contributed by atoms with van der Waals surface area (Å²) in [5.41, 5.74) is 0. The van der Waals surface area contributed by atoms with Crippen LogP contribution < -0.4 is 5.32 Å². The Morgan fingerprint density at radius 1 is 0.900 bits per heavy atom. The molecule has 0 radical (unpaired) electrons. The van der Waals surface area contributed by atoms with Crippen molar-refractivity contribution in [2.24, 2.45) is 23.7 Å². The standard InChI is InChI=1S/C9H15N/c1-2-7-3-6(1)8-4-10-5-9(7)8/h6-10H,1-5H2/t6-,7-,8-,9-/m0/s1. The fourth-order valence-electron chi connectivity index (χ4n) is 3.58. The predicted octanol–water partition coefficient (Wildman–Crippen LogP) is 1.25. The van der Waals surface area contributed by atoms with Crippen molar-refractivity contribution in [3.63, 3.8) is 0 Å². The number of fused-ring (bicyclic) bond motifs is 5. The molecule has 3 rings (SSSR count). The first kappa shape index (κ1) is 5.59. The molecule has 1 N–H and O–H groups in total. The van der Waals surface area contributed by atoms with Gasteiger partial charge in [0.1, 0.15) is 0 Å². The van der Waals surface area contributed by atoms with Gasteiger partial charge in [0, 0.05) is 0 Å². The Morgan fingerprint density at radius 2 is 1.50 bits per heavy atom. The average molecular weight is 137 g/mol. The molecular weight excluding hydrogens is 122 g/mol. The SMILES string of the molecule is C1C[C@H]2C[C@H]1[C@@H]1CNC[C@@H]21. The van der Waals surface area contributed by atoms with E-state index in [9.17, 15) is 0 Å². The zero-order chi connectivity index (χ0) is 6.55. The molecular formula is C9H15N. The van der Waals surface area contributed by atoms with Crippen molar-refractivity contribution < 1.29 is 0 Å². The minimum atomic E-state index is 1.10. The van der Waals surface area contributed by atoms with Crippen LogP contribution in [0.15, 0.2) is 0 Å². The second-order valence-corrected chi connectivity index (χ2v) is 4.32. The Balaban J connectivity index is 1.92. The molecule has 1 heterocycles. The molecule has 0 aromatic rings. The molecule has 4 atom stereocenters. The van der Waals surface area contributed by atoms with Crippen molar-refractivity contribution in [3.8, 4) is 0 Å². The summed E-state index contributed by atoms with van der Waals surface area (Å²) in [6.07, 6.45) is 4.68. The Morgan fingerprint density at radius 3 is 2.10 bits per heavy atom. The zero-order valence-electron chi connectivity index (χ0n) is 6.34. The van der Waals surface area contributed by atoms with Gasteiger partial charge in [0.15, 0.2) is 0 Å². The van der Waals surface area contributed by atoms with Crippen molar-refractivity contribution in [2.75, 3.05) is 13.1 Å². The van der Waals surface area contributed by atoms with Gasteiger partial charge in [0.2, 0.25) is 0 Å². The fourth-order valence-corrected chi connectivity index (χ4v) is 3.58. The van der Waals surface area contributed by atoms with Gasteiger partial charge in [-0.05, 0) is 56.0 Å². The van der Waals surface area contributed by atoms with E-state index in [1.165, 1.54) is 13.1 Å². The first-order valence-corrected chi connectivity index (χ1v) is 4.66. The van der Waals surface area contributed by atoms with Gasteiger partial charge in [-0.3, -0.25) is 0 Å². The summed E-state index contributed by atoms with van der Waals surface area (Å²) in [5, 5.41) is 3.53. The highest BCUT2D eigenvalue weighted by Crippen LogP contribution is 2.53. The van der Waals surface area contributed by atoms with Crippen LogP contribution in [0.5, 0.6) is 0 Å². The van der Waals surface area contributed by atoms with Crippen LogP contribution in [0.25, 0.3) is 0 Å². The molecule has 1 nitrogen and oxygen atoms in total. The van der Waals surface area contributed by atoms with Gasteiger partial charge in [-0.15, -0.1) is 0 Å². The van der Waals surface area contributed by atoms with Gasteiger partial charge in [-0.2, -0.15) is 0 Å². The molecule has 0 amide bonds. The van der Waals surface area contributed by atoms with E-state index >= 15 is 0 Å². The minimum Gasteiger partial charge on any atom is -0.316 e. The Labute approximate surface area is 62.2 Å². The van der Waals surface area contributed by atoms with Crippen LogP contribution in [0, 0.1) is 23.7 Å². The van der Waals surface area contributed by atoms with Crippen LogP contribution in [0.4, 0.5) is 0 Å². The molecule has 1 saturated heterocycles. The van der Waals surface area contributed by atoms with Crippen LogP contribution in [0.1, 0.15) is 19.3 Å². The summed E-state index contributed by atoms with van der Waals surface area (Å²) in [6, 6.07) is 0. The van der Waals surface area contributed by atoms with Crippen LogP contribution in [-0.4, -0.2) is 13.1 Å². The molecule has 0 aromatic carbocycles. The monoisotopic (exact) mass is 137 g/mol. The number of nitrogens with one attached hydrogen (secondary N) is 1. The van der Waals surface area contributed by atoms with Crippen molar-refractivity contribution in [2.45, 2.75) is 19.3 Å². The summed E-state index contributed by atoms with van der Waals surface area (Å²) in [6.45, 7) is 2.68. The maximum atomic E-state index is 3.53. The molecule has 56 valence electrons. The second-order valence-electron chi connectivity index (χ2n) is 4.32. The van der Waals surface area contributed by atoms with Gasteiger partial charge >= 0.3 is 0 Å².